The number of rotatable bonds is 6. The molecule has 0 radical (unpaired) electrons. The Hall–Kier alpha value is -1.43. The molecule has 0 bridgehead atoms. The summed E-state index contributed by atoms with van der Waals surface area (Å²) < 4.78 is 5.16. The van der Waals surface area contributed by atoms with Crippen LogP contribution < -0.4 is 11.1 Å². The van der Waals surface area contributed by atoms with Crippen LogP contribution in [0.5, 0.6) is 0 Å². The van der Waals surface area contributed by atoms with E-state index in [4.69, 9.17) is 10.5 Å². The SMILES string of the molecule is COCC1CCN(CC(=O)Nc2ccc(CN)cc2)C1. The summed E-state index contributed by atoms with van der Waals surface area (Å²) in [6.45, 7) is 3.64. The standard InChI is InChI=1S/C15H23N3O2/c1-20-11-13-6-7-18(9-13)10-15(19)17-14-4-2-12(8-16)3-5-14/h2-5,13H,6-11,16H2,1H3,(H,17,19). The van der Waals surface area contributed by atoms with Crippen molar-refractivity contribution in [2.24, 2.45) is 11.7 Å². The lowest BCUT2D eigenvalue weighted by atomic mass is 10.1. The number of anilines is 1. The zero-order valence-electron chi connectivity index (χ0n) is 12.0. The normalized spacial score (nSPS) is 19.2. The van der Waals surface area contributed by atoms with E-state index in [1.165, 1.54) is 0 Å². The molecule has 0 spiro atoms. The summed E-state index contributed by atoms with van der Waals surface area (Å²) in [6, 6.07) is 7.63. The molecule has 0 aromatic heterocycles. The highest BCUT2D eigenvalue weighted by Crippen LogP contribution is 2.16. The highest BCUT2D eigenvalue weighted by molar-refractivity contribution is 5.92. The van der Waals surface area contributed by atoms with Crippen LogP contribution in [0.3, 0.4) is 0 Å². The van der Waals surface area contributed by atoms with Crippen molar-refractivity contribution in [2.45, 2.75) is 13.0 Å². The maximum absolute atomic E-state index is 12.0. The molecule has 1 atom stereocenters. The summed E-state index contributed by atoms with van der Waals surface area (Å²) in [4.78, 5) is 14.2. The first-order valence-corrected chi connectivity index (χ1v) is 7.01. The van der Waals surface area contributed by atoms with Crippen molar-refractivity contribution in [2.75, 3.05) is 38.7 Å². The van der Waals surface area contributed by atoms with Crippen LogP contribution in [-0.4, -0.2) is 44.2 Å². The Labute approximate surface area is 120 Å². The van der Waals surface area contributed by atoms with Gasteiger partial charge in [-0.05, 0) is 36.6 Å². The van der Waals surface area contributed by atoms with Gasteiger partial charge in [-0.25, -0.2) is 0 Å². The number of carbonyl (C=O) groups excluding carboxylic acids is 1. The average Bonchev–Trinajstić information content (AvgIpc) is 2.87. The molecule has 1 heterocycles. The van der Waals surface area contributed by atoms with Crippen molar-refractivity contribution >= 4 is 11.6 Å². The molecule has 1 aromatic carbocycles. The van der Waals surface area contributed by atoms with Gasteiger partial charge in [0, 0.05) is 25.9 Å². The molecular weight excluding hydrogens is 254 g/mol. The topological polar surface area (TPSA) is 67.6 Å². The smallest absolute Gasteiger partial charge is 0.238 e. The minimum absolute atomic E-state index is 0.0311. The average molecular weight is 277 g/mol. The lowest BCUT2D eigenvalue weighted by Gasteiger charge is -2.15. The number of likely N-dealkylation sites (tertiary alicyclic amines) is 1. The minimum atomic E-state index is 0.0311. The van der Waals surface area contributed by atoms with Crippen LogP contribution >= 0.6 is 0 Å². The number of hydrogen-bond acceptors (Lipinski definition) is 4. The van der Waals surface area contributed by atoms with Crippen molar-refractivity contribution in [1.82, 2.24) is 4.90 Å². The molecule has 1 amide bonds. The van der Waals surface area contributed by atoms with Gasteiger partial charge in [0.2, 0.25) is 5.91 Å². The van der Waals surface area contributed by atoms with E-state index in [0.29, 0.717) is 19.0 Å². The van der Waals surface area contributed by atoms with Gasteiger partial charge in [0.1, 0.15) is 0 Å². The van der Waals surface area contributed by atoms with Crippen LogP contribution in [0.25, 0.3) is 0 Å². The van der Waals surface area contributed by atoms with E-state index in [9.17, 15) is 4.79 Å². The Bertz CT molecular complexity index is 433. The fourth-order valence-corrected chi connectivity index (χ4v) is 2.56. The van der Waals surface area contributed by atoms with Gasteiger partial charge in [-0.1, -0.05) is 12.1 Å². The number of nitrogens with one attached hydrogen (secondary N) is 1. The molecule has 1 aromatic rings. The van der Waals surface area contributed by atoms with Crippen molar-refractivity contribution < 1.29 is 9.53 Å². The number of nitrogens with zero attached hydrogens (tertiary/aromatic N) is 1. The molecule has 1 unspecified atom stereocenters. The number of nitrogens with two attached hydrogens (primary N) is 1. The van der Waals surface area contributed by atoms with Gasteiger partial charge < -0.3 is 15.8 Å². The van der Waals surface area contributed by atoms with Gasteiger partial charge in [-0.15, -0.1) is 0 Å². The zero-order valence-corrected chi connectivity index (χ0v) is 12.0. The second-order valence-corrected chi connectivity index (χ2v) is 5.29. The molecule has 5 heteroatoms. The Morgan fingerprint density at radius 1 is 1.45 bits per heavy atom. The number of amides is 1. The summed E-state index contributed by atoms with van der Waals surface area (Å²) in [7, 11) is 1.72. The van der Waals surface area contributed by atoms with Crippen LogP contribution in [0.2, 0.25) is 0 Å². The minimum Gasteiger partial charge on any atom is -0.384 e. The molecule has 5 nitrogen and oxygen atoms in total. The van der Waals surface area contributed by atoms with E-state index < -0.39 is 0 Å². The molecule has 2 rings (SSSR count). The zero-order chi connectivity index (χ0) is 14.4. The van der Waals surface area contributed by atoms with Gasteiger partial charge >= 0.3 is 0 Å². The van der Waals surface area contributed by atoms with E-state index in [2.05, 4.69) is 10.2 Å². The van der Waals surface area contributed by atoms with Crippen LogP contribution in [-0.2, 0) is 16.1 Å². The van der Waals surface area contributed by atoms with E-state index >= 15 is 0 Å². The molecule has 110 valence electrons. The van der Waals surface area contributed by atoms with Crippen LogP contribution in [0, 0.1) is 5.92 Å². The quantitative estimate of drug-likeness (QED) is 0.815. The Morgan fingerprint density at radius 3 is 2.85 bits per heavy atom. The highest BCUT2D eigenvalue weighted by atomic mass is 16.5. The Balaban J connectivity index is 1.77. The van der Waals surface area contributed by atoms with Gasteiger partial charge in [0.15, 0.2) is 0 Å². The fourth-order valence-electron chi connectivity index (χ4n) is 2.56. The molecule has 20 heavy (non-hydrogen) atoms. The molecule has 3 N–H and O–H groups in total. The van der Waals surface area contributed by atoms with Gasteiger partial charge in [0.25, 0.3) is 0 Å². The molecule has 1 aliphatic heterocycles. The van der Waals surface area contributed by atoms with Crippen LogP contribution in [0.15, 0.2) is 24.3 Å². The fraction of sp³-hybridized carbons (Fsp3) is 0.533. The third-order valence-electron chi connectivity index (χ3n) is 3.61. The summed E-state index contributed by atoms with van der Waals surface area (Å²) in [5.41, 5.74) is 7.42. The lowest BCUT2D eigenvalue weighted by molar-refractivity contribution is -0.117. The number of benzene rings is 1. The first kappa shape index (κ1) is 15.0. The molecule has 0 saturated carbocycles. The van der Waals surface area contributed by atoms with Crippen LogP contribution in [0.1, 0.15) is 12.0 Å². The maximum atomic E-state index is 12.0. The maximum Gasteiger partial charge on any atom is 0.238 e. The first-order chi connectivity index (χ1) is 9.71. The number of ether oxygens (including phenoxy) is 1. The monoisotopic (exact) mass is 277 g/mol. The second kappa shape index (κ2) is 7.38. The largest absolute Gasteiger partial charge is 0.384 e. The van der Waals surface area contributed by atoms with Crippen molar-refractivity contribution in [3.8, 4) is 0 Å². The highest BCUT2D eigenvalue weighted by Gasteiger charge is 2.23. The van der Waals surface area contributed by atoms with E-state index in [1.54, 1.807) is 7.11 Å². The van der Waals surface area contributed by atoms with E-state index in [1.807, 2.05) is 24.3 Å². The van der Waals surface area contributed by atoms with Crippen molar-refractivity contribution in [3.05, 3.63) is 29.8 Å². The predicted molar refractivity (Wildman–Crippen MR) is 79.4 cm³/mol. The van der Waals surface area contributed by atoms with Crippen molar-refractivity contribution in [3.63, 3.8) is 0 Å². The Morgan fingerprint density at radius 2 is 2.20 bits per heavy atom. The van der Waals surface area contributed by atoms with Gasteiger partial charge in [0.05, 0.1) is 13.2 Å². The summed E-state index contributed by atoms with van der Waals surface area (Å²) in [5.74, 6) is 0.584. The van der Waals surface area contributed by atoms with Crippen LogP contribution in [0.4, 0.5) is 5.69 Å². The molecule has 1 fully saturated rings. The molecule has 1 saturated heterocycles. The molecular formula is C15H23N3O2. The summed E-state index contributed by atoms with van der Waals surface area (Å²) >= 11 is 0. The van der Waals surface area contributed by atoms with Gasteiger partial charge in [-0.2, -0.15) is 0 Å². The number of hydrogen-bond donors (Lipinski definition) is 2. The number of methoxy groups -OCH3 is 1. The third-order valence-corrected chi connectivity index (χ3v) is 3.61. The van der Waals surface area contributed by atoms with Gasteiger partial charge in [-0.3, -0.25) is 9.69 Å². The third kappa shape index (κ3) is 4.30. The van der Waals surface area contributed by atoms with E-state index in [-0.39, 0.29) is 5.91 Å². The van der Waals surface area contributed by atoms with E-state index in [0.717, 1.165) is 37.4 Å². The Kier molecular flexibility index (Phi) is 5.52. The second-order valence-electron chi connectivity index (χ2n) is 5.29. The molecule has 0 aliphatic carbocycles. The first-order valence-electron chi connectivity index (χ1n) is 7.01. The van der Waals surface area contributed by atoms with Crippen molar-refractivity contribution in [1.29, 1.82) is 0 Å². The molecule has 1 aliphatic rings. The summed E-state index contributed by atoms with van der Waals surface area (Å²) in [5, 5.41) is 2.91. The number of carbonyl (C=O) groups is 1. The summed E-state index contributed by atoms with van der Waals surface area (Å²) in [6.07, 6.45) is 1.10. The lowest BCUT2D eigenvalue weighted by Crippen LogP contribution is -2.31. The predicted octanol–water partition coefficient (Wildman–Crippen LogP) is 1.05.